The van der Waals surface area contributed by atoms with Crippen molar-refractivity contribution in [2.45, 2.75) is 32.9 Å². The molecule has 1 aromatic heterocycles. The van der Waals surface area contributed by atoms with Gasteiger partial charge in [-0.05, 0) is 60.4 Å². The number of carbonyl (C=O) groups excluding carboxylic acids is 1. The minimum atomic E-state index is -0.699. The number of nitro benzene ring substituents is 1. The Morgan fingerprint density at radius 1 is 1.11 bits per heavy atom. The van der Waals surface area contributed by atoms with Crippen molar-refractivity contribution in [2.24, 2.45) is 4.99 Å². The summed E-state index contributed by atoms with van der Waals surface area (Å²) in [6.45, 7) is 4.17. The molecule has 0 saturated carbocycles. The molecule has 0 aliphatic carbocycles. The van der Waals surface area contributed by atoms with Gasteiger partial charge in [-0.25, -0.2) is 9.79 Å². The first-order valence-electron chi connectivity index (χ1n) is 13.8. The van der Waals surface area contributed by atoms with E-state index in [1.54, 1.807) is 30.3 Å². The minimum Gasteiger partial charge on any atom is -0.490 e. The maximum atomic E-state index is 13.9. The molecule has 3 aromatic carbocycles. The number of nitrogens with zero attached hydrogens (tertiary/aromatic N) is 3. The third-order valence-corrected chi connectivity index (χ3v) is 8.19. The van der Waals surface area contributed by atoms with E-state index < -0.39 is 16.9 Å². The topological polar surface area (TPSA) is 122 Å². The number of hydrogen-bond acceptors (Lipinski definition) is 9. The van der Waals surface area contributed by atoms with Gasteiger partial charge in [0.05, 0.1) is 45.5 Å². The maximum absolute atomic E-state index is 13.9. The van der Waals surface area contributed by atoms with E-state index in [4.69, 9.17) is 30.8 Å². The molecule has 0 radical (unpaired) electrons. The summed E-state index contributed by atoms with van der Waals surface area (Å²) >= 11 is 7.87. The maximum Gasteiger partial charge on any atom is 0.338 e. The van der Waals surface area contributed by atoms with Gasteiger partial charge >= 0.3 is 5.97 Å². The van der Waals surface area contributed by atoms with Crippen molar-refractivity contribution in [1.82, 2.24) is 4.57 Å². The fraction of sp³-hybridized carbons (Fsp3) is 0.219. The molecule has 226 valence electrons. The molecule has 0 N–H and O–H groups in total. The standard InChI is InChI=1S/C32H28ClN3O7S/c1-4-24-27(31(38)41-3)28(21-9-7-6-8-10-21)35-30(37)26(44-32(35)34-24)17-20-15-23(33)29(25(16-20)42-5-2)43-18-19-11-13-22(14-12-19)36(39)40/h6-17,28H,4-5,18H2,1-3H3/b26-17-/t28-/m1/s1. The highest BCUT2D eigenvalue weighted by Crippen LogP contribution is 2.38. The van der Waals surface area contributed by atoms with Gasteiger partial charge in [-0.2, -0.15) is 0 Å². The number of fused-ring (bicyclic) bond motifs is 1. The van der Waals surface area contributed by atoms with Crippen molar-refractivity contribution in [3.8, 4) is 11.5 Å². The van der Waals surface area contributed by atoms with E-state index in [-0.39, 0.29) is 22.9 Å². The second kappa shape index (κ2) is 13.3. The van der Waals surface area contributed by atoms with Crippen molar-refractivity contribution in [3.63, 3.8) is 0 Å². The van der Waals surface area contributed by atoms with Crippen LogP contribution in [0.4, 0.5) is 5.69 Å². The Morgan fingerprint density at radius 3 is 2.48 bits per heavy atom. The van der Waals surface area contributed by atoms with Crippen LogP contribution < -0.4 is 24.4 Å². The Kier molecular flexibility index (Phi) is 9.26. The number of rotatable bonds is 10. The lowest BCUT2D eigenvalue weighted by atomic mass is 9.95. The van der Waals surface area contributed by atoms with E-state index in [2.05, 4.69) is 0 Å². The lowest BCUT2D eigenvalue weighted by molar-refractivity contribution is -0.384. The Morgan fingerprint density at radius 2 is 1.84 bits per heavy atom. The van der Waals surface area contributed by atoms with Crippen molar-refractivity contribution in [1.29, 1.82) is 0 Å². The van der Waals surface area contributed by atoms with Crippen LogP contribution in [0.15, 0.2) is 87.8 Å². The molecule has 10 nitrogen and oxygen atoms in total. The van der Waals surface area contributed by atoms with E-state index in [1.807, 2.05) is 44.2 Å². The van der Waals surface area contributed by atoms with Gasteiger partial charge in [0.25, 0.3) is 11.2 Å². The highest BCUT2D eigenvalue weighted by molar-refractivity contribution is 7.07. The van der Waals surface area contributed by atoms with Gasteiger partial charge in [0, 0.05) is 12.1 Å². The zero-order valence-corrected chi connectivity index (χ0v) is 25.7. The molecule has 0 spiro atoms. The van der Waals surface area contributed by atoms with Crippen LogP contribution in [-0.2, 0) is 16.1 Å². The second-order valence-electron chi connectivity index (χ2n) is 9.67. The number of methoxy groups -OCH3 is 1. The zero-order valence-electron chi connectivity index (χ0n) is 24.1. The van der Waals surface area contributed by atoms with Crippen LogP contribution >= 0.6 is 22.9 Å². The number of carbonyl (C=O) groups is 1. The molecular weight excluding hydrogens is 606 g/mol. The lowest BCUT2D eigenvalue weighted by Gasteiger charge is -2.25. The summed E-state index contributed by atoms with van der Waals surface area (Å²) in [6.07, 6.45) is 2.18. The first-order valence-corrected chi connectivity index (χ1v) is 15.0. The van der Waals surface area contributed by atoms with Gasteiger partial charge in [-0.15, -0.1) is 0 Å². The van der Waals surface area contributed by atoms with Crippen LogP contribution in [0.2, 0.25) is 5.02 Å². The van der Waals surface area contributed by atoms with Gasteiger partial charge in [-0.1, -0.05) is 60.2 Å². The Hall–Kier alpha value is -4.74. The SMILES string of the molecule is CCOc1cc(/C=c2\sc3n(c2=O)[C@H](c2ccccc2)C(C(=O)OC)=C(CC)N=3)cc(Cl)c1OCc1ccc([N+](=O)[O-])cc1. The number of non-ortho nitro benzene ring substituents is 1. The van der Waals surface area contributed by atoms with Crippen molar-refractivity contribution < 1.29 is 23.9 Å². The Balaban J connectivity index is 1.56. The number of allylic oxidation sites excluding steroid dienone is 1. The fourth-order valence-corrected chi connectivity index (χ4v) is 6.20. The van der Waals surface area contributed by atoms with E-state index in [0.29, 0.717) is 56.3 Å². The summed E-state index contributed by atoms with van der Waals surface area (Å²) < 4.78 is 18.8. The minimum absolute atomic E-state index is 0.0149. The quantitative estimate of drug-likeness (QED) is 0.131. The Bertz CT molecular complexity index is 1930. The largest absolute Gasteiger partial charge is 0.490 e. The number of esters is 1. The molecule has 4 aromatic rings. The van der Waals surface area contributed by atoms with E-state index in [0.717, 1.165) is 5.56 Å². The predicted octanol–water partition coefficient (Wildman–Crippen LogP) is 5.34. The van der Waals surface area contributed by atoms with Gasteiger partial charge in [-0.3, -0.25) is 19.5 Å². The molecule has 0 amide bonds. The number of thiazole rings is 1. The highest BCUT2D eigenvalue weighted by Gasteiger charge is 2.33. The van der Waals surface area contributed by atoms with Crippen LogP contribution in [0.25, 0.3) is 6.08 Å². The zero-order chi connectivity index (χ0) is 31.4. The first kappa shape index (κ1) is 30.7. The van der Waals surface area contributed by atoms with Gasteiger partial charge in [0.1, 0.15) is 6.61 Å². The molecule has 1 aliphatic heterocycles. The van der Waals surface area contributed by atoms with E-state index >= 15 is 0 Å². The van der Waals surface area contributed by atoms with Gasteiger partial charge in [0.15, 0.2) is 16.3 Å². The average Bonchev–Trinajstić information content (AvgIpc) is 3.34. The number of hydrogen-bond donors (Lipinski definition) is 0. The molecule has 2 heterocycles. The van der Waals surface area contributed by atoms with Crippen LogP contribution in [0.5, 0.6) is 11.5 Å². The Labute approximate surface area is 261 Å². The predicted molar refractivity (Wildman–Crippen MR) is 167 cm³/mol. The summed E-state index contributed by atoms with van der Waals surface area (Å²) in [5.74, 6) is 0.153. The second-order valence-corrected chi connectivity index (χ2v) is 11.1. The summed E-state index contributed by atoms with van der Waals surface area (Å²) in [6, 6.07) is 18.0. The molecule has 0 bridgehead atoms. The molecule has 1 atom stereocenters. The first-order chi connectivity index (χ1) is 21.2. The molecule has 44 heavy (non-hydrogen) atoms. The van der Waals surface area contributed by atoms with Crippen molar-refractivity contribution in [2.75, 3.05) is 13.7 Å². The van der Waals surface area contributed by atoms with Crippen molar-refractivity contribution >= 4 is 40.7 Å². The van der Waals surface area contributed by atoms with E-state index in [9.17, 15) is 19.7 Å². The summed E-state index contributed by atoms with van der Waals surface area (Å²) in [7, 11) is 1.31. The van der Waals surface area contributed by atoms with Gasteiger partial charge in [0.2, 0.25) is 0 Å². The average molecular weight is 634 g/mol. The van der Waals surface area contributed by atoms with Crippen LogP contribution in [-0.4, -0.2) is 29.2 Å². The number of ether oxygens (including phenoxy) is 3. The molecule has 12 heteroatoms. The lowest BCUT2D eigenvalue weighted by Crippen LogP contribution is -2.40. The number of benzene rings is 3. The monoisotopic (exact) mass is 633 g/mol. The smallest absolute Gasteiger partial charge is 0.338 e. The molecule has 0 unspecified atom stereocenters. The van der Waals surface area contributed by atoms with Gasteiger partial charge < -0.3 is 14.2 Å². The fourth-order valence-electron chi connectivity index (χ4n) is 4.91. The van der Waals surface area contributed by atoms with Crippen molar-refractivity contribution in [3.05, 3.63) is 130 Å². The van der Waals surface area contributed by atoms with E-state index in [1.165, 1.54) is 35.1 Å². The van der Waals surface area contributed by atoms with Crippen LogP contribution in [0.1, 0.15) is 43.0 Å². The normalized spacial score (nSPS) is 14.5. The molecule has 0 fully saturated rings. The van der Waals surface area contributed by atoms with Crippen LogP contribution in [0.3, 0.4) is 0 Å². The summed E-state index contributed by atoms with van der Waals surface area (Å²) in [5, 5.41) is 11.2. The molecule has 1 aliphatic rings. The third-order valence-electron chi connectivity index (χ3n) is 6.93. The molecular formula is C32H28ClN3O7S. The summed E-state index contributed by atoms with van der Waals surface area (Å²) in [4.78, 5) is 42.5. The van der Waals surface area contributed by atoms with Crippen LogP contribution in [0, 0.1) is 10.1 Å². The number of nitro groups is 1. The summed E-state index contributed by atoms with van der Waals surface area (Å²) in [5.41, 5.74) is 2.64. The molecule has 5 rings (SSSR count). The number of halogens is 1. The third kappa shape index (κ3) is 6.15. The highest BCUT2D eigenvalue weighted by atomic mass is 35.5. The number of aromatic nitrogens is 1. The molecule has 0 saturated heterocycles.